The lowest BCUT2D eigenvalue weighted by Crippen LogP contribution is -2.37. The Morgan fingerprint density at radius 1 is 1.26 bits per heavy atom. The van der Waals surface area contributed by atoms with Crippen molar-refractivity contribution in [2.24, 2.45) is 4.99 Å². The van der Waals surface area contributed by atoms with Crippen molar-refractivity contribution < 1.29 is 18.6 Å². The third-order valence-electron chi connectivity index (χ3n) is 4.60. The van der Waals surface area contributed by atoms with Crippen LogP contribution < -0.4 is 15.4 Å². The molecule has 1 aromatic carbocycles. The molecule has 1 aliphatic rings. The summed E-state index contributed by atoms with van der Waals surface area (Å²) in [4.78, 5) is 8.43. The minimum Gasteiger partial charge on any atom is -0.439 e. The normalized spacial score (nSPS) is 15.9. The summed E-state index contributed by atoms with van der Waals surface area (Å²) in [5.74, 6) is 1.40. The van der Waals surface area contributed by atoms with Gasteiger partial charge in [0, 0.05) is 45.6 Å². The van der Waals surface area contributed by atoms with Gasteiger partial charge in [0.2, 0.25) is 5.88 Å². The van der Waals surface area contributed by atoms with Crippen molar-refractivity contribution in [3.8, 4) is 11.6 Å². The number of halogens is 2. The second kappa shape index (κ2) is 14.2. The lowest BCUT2D eigenvalue weighted by Gasteiger charge is -2.13. The Bertz CT molecular complexity index is 802. The molecule has 0 aliphatic carbocycles. The van der Waals surface area contributed by atoms with Gasteiger partial charge in [-0.3, -0.25) is 4.99 Å². The highest BCUT2D eigenvalue weighted by Crippen LogP contribution is 2.20. The fraction of sp³-hybridized carbons (Fsp3) is 0.455. The average molecular weight is 544 g/mol. The van der Waals surface area contributed by atoms with Crippen LogP contribution >= 0.6 is 24.0 Å². The Balaban J connectivity index is 0.00000341. The summed E-state index contributed by atoms with van der Waals surface area (Å²) in [6, 6.07) is 9.57. The van der Waals surface area contributed by atoms with Crippen LogP contribution in [-0.2, 0) is 16.0 Å². The number of nitrogens with one attached hydrogen (secondary N) is 2. The molecule has 1 saturated heterocycles. The van der Waals surface area contributed by atoms with Gasteiger partial charge >= 0.3 is 0 Å². The van der Waals surface area contributed by atoms with Crippen LogP contribution in [0, 0.1) is 5.82 Å². The molecule has 7 nitrogen and oxygen atoms in total. The van der Waals surface area contributed by atoms with Gasteiger partial charge in [-0.25, -0.2) is 9.37 Å². The molecule has 1 fully saturated rings. The van der Waals surface area contributed by atoms with E-state index in [1.54, 1.807) is 25.4 Å². The molecule has 1 atom stereocenters. The molecule has 1 unspecified atom stereocenters. The molecule has 2 N–H and O–H groups in total. The van der Waals surface area contributed by atoms with E-state index in [-0.39, 0.29) is 35.9 Å². The zero-order chi connectivity index (χ0) is 21.0. The average Bonchev–Trinajstić information content (AvgIpc) is 3.28. The Morgan fingerprint density at radius 2 is 2.10 bits per heavy atom. The van der Waals surface area contributed by atoms with E-state index in [0.29, 0.717) is 37.3 Å². The van der Waals surface area contributed by atoms with E-state index in [4.69, 9.17) is 14.2 Å². The van der Waals surface area contributed by atoms with Gasteiger partial charge in [0.15, 0.2) is 5.96 Å². The monoisotopic (exact) mass is 544 g/mol. The summed E-state index contributed by atoms with van der Waals surface area (Å²) < 4.78 is 29.9. The van der Waals surface area contributed by atoms with Gasteiger partial charge in [0.05, 0.1) is 12.7 Å². The van der Waals surface area contributed by atoms with Crippen LogP contribution in [0.25, 0.3) is 0 Å². The number of guanidine groups is 1. The first-order valence-electron chi connectivity index (χ1n) is 10.2. The standard InChI is InChI=1S/C22H29FN4O3.HI/c1-24-22(26-10-3-12-28-16-20-4-2-13-29-20)27-15-17-9-11-25-21(14-17)30-19-7-5-18(23)6-8-19;/h5-9,11,14,20H,2-4,10,12-13,15-16H2,1H3,(H2,24,26,27);1H. The summed E-state index contributed by atoms with van der Waals surface area (Å²) in [5.41, 5.74) is 0.991. The SMILES string of the molecule is CN=C(NCCCOCC1CCCO1)NCc1ccnc(Oc2ccc(F)cc2)c1.I. The van der Waals surface area contributed by atoms with Crippen molar-refractivity contribution in [2.45, 2.75) is 31.9 Å². The number of pyridine rings is 1. The molecule has 2 heterocycles. The van der Waals surface area contributed by atoms with Crippen molar-refractivity contribution in [1.29, 1.82) is 0 Å². The summed E-state index contributed by atoms with van der Waals surface area (Å²) in [6.07, 6.45) is 5.07. The number of ether oxygens (including phenoxy) is 3. The maximum atomic E-state index is 13.0. The number of aliphatic imine (C=N–C) groups is 1. The lowest BCUT2D eigenvalue weighted by molar-refractivity contribution is 0.0168. The molecule has 0 spiro atoms. The maximum Gasteiger partial charge on any atom is 0.219 e. The highest BCUT2D eigenvalue weighted by atomic mass is 127. The molecular formula is C22H30FIN4O3. The molecule has 3 rings (SSSR count). The first-order chi connectivity index (χ1) is 14.7. The minimum absolute atomic E-state index is 0. The van der Waals surface area contributed by atoms with Gasteiger partial charge in [0.25, 0.3) is 0 Å². The van der Waals surface area contributed by atoms with Crippen LogP contribution in [0.3, 0.4) is 0 Å². The van der Waals surface area contributed by atoms with E-state index < -0.39 is 0 Å². The largest absolute Gasteiger partial charge is 0.439 e. The number of nitrogens with zero attached hydrogens (tertiary/aromatic N) is 2. The lowest BCUT2D eigenvalue weighted by atomic mass is 10.2. The Morgan fingerprint density at radius 3 is 2.84 bits per heavy atom. The molecule has 1 aromatic heterocycles. The van der Waals surface area contributed by atoms with E-state index in [9.17, 15) is 4.39 Å². The number of aromatic nitrogens is 1. The molecule has 0 bridgehead atoms. The van der Waals surface area contributed by atoms with Crippen LogP contribution in [-0.4, -0.2) is 50.5 Å². The van der Waals surface area contributed by atoms with Crippen molar-refractivity contribution in [3.63, 3.8) is 0 Å². The van der Waals surface area contributed by atoms with E-state index in [1.807, 2.05) is 12.1 Å². The third kappa shape index (κ3) is 9.36. The smallest absolute Gasteiger partial charge is 0.219 e. The summed E-state index contributed by atoms with van der Waals surface area (Å²) in [5, 5.41) is 6.54. The molecular weight excluding hydrogens is 514 g/mol. The Labute approximate surface area is 199 Å². The Hall–Kier alpha value is -1.98. The van der Waals surface area contributed by atoms with E-state index in [1.165, 1.54) is 12.1 Å². The molecule has 9 heteroatoms. The Kier molecular flexibility index (Phi) is 11.5. The number of hydrogen-bond acceptors (Lipinski definition) is 5. The summed E-state index contributed by atoms with van der Waals surface area (Å²) >= 11 is 0. The zero-order valence-corrected chi connectivity index (χ0v) is 20.0. The van der Waals surface area contributed by atoms with Gasteiger partial charge in [0.1, 0.15) is 11.6 Å². The fourth-order valence-electron chi connectivity index (χ4n) is 3.02. The zero-order valence-electron chi connectivity index (χ0n) is 17.7. The van der Waals surface area contributed by atoms with Crippen LogP contribution in [0.4, 0.5) is 4.39 Å². The van der Waals surface area contributed by atoms with E-state index in [0.717, 1.165) is 38.0 Å². The molecule has 31 heavy (non-hydrogen) atoms. The van der Waals surface area contributed by atoms with Gasteiger partial charge in [-0.15, -0.1) is 24.0 Å². The second-order valence-corrected chi connectivity index (χ2v) is 6.97. The van der Waals surface area contributed by atoms with Crippen molar-refractivity contribution in [1.82, 2.24) is 15.6 Å². The van der Waals surface area contributed by atoms with Gasteiger partial charge in [-0.1, -0.05) is 0 Å². The second-order valence-electron chi connectivity index (χ2n) is 6.97. The highest BCUT2D eigenvalue weighted by molar-refractivity contribution is 14.0. The fourth-order valence-corrected chi connectivity index (χ4v) is 3.02. The van der Waals surface area contributed by atoms with E-state index in [2.05, 4.69) is 20.6 Å². The van der Waals surface area contributed by atoms with Crippen molar-refractivity contribution >= 4 is 29.9 Å². The molecule has 0 radical (unpaired) electrons. The summed E-state index contributed by atoms with van der Waals surface area (Å²) in [6.45, 7) is 3.56. The van der Waals surface area contributed by atoms with Crippen LogP contribution in [0.2, 0.25) is 0 Å². The van der Waals surface area contributed by atoms with Crippen molar-refractivity contribution in [3.05, 3.63) is 54.0 Å². The summed E-state index contributed by atoms with van der Waals surface area (Å²) in [7, 11) is 1.74. The van der Waals surface area contributed by atoms with Gasteiger partial charge in [-0.2, -0.15) is 0 Å². The first kappa shape index (κ1) is 25.3. The molecule has 170 valence electrons. The predicted molar refractivity (Wildman–Crippen MR) is 129 cm³/mol. The molecule has 2 aromatic rings. The maximum absolute atomic E-state index is 13.0. The number of hydrogen-bond donors (Lipinski definition) is 2. The first-order valence-corrected chi connectivity index (χ1v) is 10.2. The quantitative estimate of drug-likeness (QED) is 0.205. The topological polar surface area (TPSA) is 77.0 Å². The molecule has 0 amide bonds. The van der Waals surface area contributed by atoms with Crippen LogP contribution in [0.1, 0.15) is 24.8 Å². The number of rotatable bonds is 10. The molecule has 1 aliphatic heterocycles. The van der Waals surface area contributed by atoms with Gasteiger partial charge in [-0.05, 0) is 55.2 Å². The van der Waals surface area contributed by atoms with Crippen molar-refractivity contribution in [2.75, 3.05) is 33.4 Å². The predicted octanol–water partition coefficient (Wildman–Crippen LogP) is 3.88. The van der Waals surface area contributed by atoms with Crippen LogP contribution in [0.15, 0.2) is 47.6 Å². The van der Waals surface area contributed by atoms with E-state index >= 15 is 0 Å². The third-order valence-corrected chi connectivity index (χ3v) is 4.60. The molecule has 0 saturated carbocycles. The van der Waals surface area contributed by atoms with Gasteiger partial charge < -0.3 is 24.8 Å². The minimum atomic E-state index is -0.304. The number of benzene rings is 1. The van der Waals surface area contributed by atoms with Crippen LogP contribution in [0.5, 0.6) is 11.6 Å². The highest BCUT2D eigenvalue weighted by Gasteiger charge is 2.14.